The number of carbonyl (C=O) groups is 1. The van der Waals surface area contributed by atoms with Crippen LogP contribution in [0.3, 0.4) is 0 Å². The third kappa shape index (κ3) is 5.19. The summed E-state index contributed by atoms with van der Waals surface area (Å²) in [7, 11) is 1.64. The van der Waals surface area contributed by atoms with Gasteiger partial charge in [0.25, 0.3) is 0 Å². The zero-order valence-electron chi connectivity index (χ0n) is 21.5. The summed E-state index contributed by atoms with van der Waals surface area (Å²) in [6.45, 7) is 5.09. The van der Waals surface area contributed by atoms with Gasteiger partial charge in [-0.3, -0.25) is 9.80 Å². The van der Waals surface area contributed by atoms with Crippen LogP contribution in [0.4, 0.5) is 13.2 Å². The lowest BCUT2D eigenvalue weighted by molar-refractivity contribution is -0.205. The van der Waals surface area contributed by atoms with Crippen molar-refractivity contribution in [3.05, 3.63) is 59.8 Å². The molecule has 38 heavy (non-hydrogen) atoms. The number of benzene rings is 2. The molecule has 1 spiro atoms. The molecule has 5 rings (SSSR count). The second-order valence-electron chi connectivity index (χ2n) is 10.0. The summed E-state index contributed by atoms with van der Waals surface area (Å²) in [6.07, 6.45) is -4.42. The Labute approximate surface area is 219 Å². The van der Waals surface area contributed by atoms with E-state index in [0.29, 0.717) is 26.2 Å². The molecular formula is C28H32F3N3O4. The molecule has 1 saturated heterocycles. The second kappa shape index (κ2) is 10.5. The van der Waals surface area contributed by atoms with Gasteiger partial charge in [-0.15, -0.1) is 0 Å². The van der Waals surface area contributed by atoms with E-state index in [1.807, 2.05) is 48.5 Å². The molecule has 1 fully saturated rings. The number of para-hydroxylation sites is 1. The van der Waals surface area contributed by atoms with Gasteiger partial charge in [0, 0.05) is 49.3 Å². The van der Waals surface area contributed by atoms with Gasteiger partial charge in [-0.05, 0) is 55.7 Å². The summed E-state index contributed by atoms with van der Waals surface area (Å²) in [4.78, 5) is 19.6. The number of alkyl halides is 3. The van der Waals surface area contributed by atoms with Crippen LogP contribution in [0, 0.1) is 0 Å². The molecule has 0 saturated carbocycles. The standard InChI is InChI=1S/C28H32F3N3O4/c1-19(38-26(35)28(29,30)31)17-34-12-10-22-23-16-21(36-2)8-9-24(23)32-25(22)27(34)11-13-33(18-27)14-15-37-20-6-4-3-5-7-20/h3-9,16,19,32H,10-15,17-18H2,1-2H3. The van der Waals surface area contributed by atoms with Crippen LogP contribution in [0.1, 0.15) is 24.6 Å². The fourth-order valence-corrected chi connectivity index (χ4v) is 5.83. The molecule has 10 heteroatoms. The number of ether oxygens (including phenoxy) is 3. The average Bonchev–Trinajstić information content (AvgIpc) is 3.48. The Kier molecular flexibility index (Phi) is 7.28. The Morgan fingerprint density at radius 3 is 2.66 bits per heavy atom. The molecule has 2 aliphatic heterocycles. The van der Waals surface area contributed by atoms with Crippen LogP contribution < -0.4 is 9.47 Å². The second-order valence-corrected chi connectivity index (χ2v) is 10.0. The summed E-state index contributed by atoms with van der Waals surface area (Å²) in [6, 6.07) is 15.6. The number of H-pyrrole nitrogens is 1. The van der Waals surface area contributed by atoms with Crippen molar-refractivity contribution in [3.8, 4) is 11.5 Å². The molecule has 2 aromatic carbocycles. The molecule has 7 nitrogen and oxygen atoms in total. The largest absolute Gasteiger partial charge is 0.497 e. The maximum atomic E-state index is 12.8. The van der Waals surface area contributed by atoms with Crippen molar-refractivity contribution in [2.75, 3.05) is 46.4 Å². The molecule has 1 N–H and O–H groups in total. The first-order chi connectivity index (χ1) is 18.2. The van der Waals surface area contributed by atoms with E-state index in [2.05, 4.69) is 14.8 Å². The first kappa shape index (κ1) is 26.4. The molecule has 2 atom stereocenters. The Morgan fingerprint density at radius 2 is 1.92 bits per heavy atom. The quantitative estimate of drug-likeness (QED) is 0.432. The maximum Gasteiger partial charge on any atom is 0.490 e. The van der Waals surface area contributed by atoms with Crippen molar-refractivity contribution < 1.29 is 32.2 Å². The first-order valence-corrected chi connectivity index (χ1v) is 12.8. The SMILES string of the molecule is COc1ccc2[nH]c3c(c2c1)CCN(CC(C)OC(=O)C(F)(F)F)C31CCN(CCOc2ccccc2)C1. The van der Waals surface area contributed by atoms with Gasteiger partial charge in [0.1, 0.15) is 24.2 Å². The van der Waals surface area contributed by atoms with Crippen LogP contribution in [-0.4, -0.2) is 79.5 Å². The minimum Gasteiger partial charge on any atom is -0.497 e. The summed E-state index contributed by atoms with van der Waals surface area (Å²) in [5.74, 6) is -0.567. The summed E-state index contributed by atoms with van der Waals surface area (Å²) in [5, 5.41) is 1.10. The smallest absolute Gasteiger partial charge is 0.490 e. The van der Waals surface area contributed by atoms with Crippen molar-refractivity contribution in [1.82, 2.24) is 14.8 Å². The van der Waals surface area contributed by atoms with Crippen molar-refractivity contribution >= 4 is 16.9 Å². The topological polar surface area (TPSA) is 67.0 Å². The number of aromatic amines is 1. The highest BCUT2D eigenvalue weighted by atomic mass is 19.4. The number of halogens is 3. The molecule has 2 aliphatic rings. The Morgan fingerprint density at radius 1 is 1.13 bits per heavy atom. The van der Waals surface area contributed by atoms with E-state index in [1.165, 1.54) is 12.5 Å². The number of aromatic nitrogens is 1. The molecule has 204 valence electrons. The third-order valence-corrected chi connectivity index (χ3v) is 7.58. The van der Waals surface area contributed by atoms with Crippen LogP contribution in [0.2, 0.25) is 0 Å². The van der Waals surface area contributed by atoms with E-state index < -0.39 is 23.8 Å². The monoisotopic (exact) mass is 531 g/mol. The van der Waals surface area contributed by atoms with Crippen LogP contribution in [0.15, 0.2) is 48.5 Å². The van der Waals surface area contributed by atoms with E-state index >= 15 is 0 Å². The van der Waals surface area contributed by atoms with Crippen LogP contribution in [-0.2, 0) is 21.5 Å². The van der Waals surface area contributed by atoms with Gasteiger partial charge in [-0.1, -0.05) is 18.2 Å². The molecule has 0 aliphatic carbocycles. The van der Waals surface area contributed by atoms with Crippen molar-refractivity contribution in [3.63, 3.8) is 0 Å². The lowest BCUT2D eigenvalue weighted by Gasteiger charge is -2.45. The van der Waals surface area contributed by atoms with Gasteiger partial charge in [-0.2, -0.15) is 13.2 Å². The molecule has 2 unspecified atom stereocenters. The number of methoxy groups -OCH3 is 1. The van der Waals surface area contributed by atoms with Crippen molar-refractivity contribution in [2.45, 2.75) is 37.6 Å². The zero-order chi connectivity index (χ0) is 26.9. The first-order valence-electron chi connectivity index (χ1n) is 12.8. The Hall–Kier alpha value is -3.24. The maximum absolute atomic E-state index is 12.8. The number of esters is 1. The Bertz CT molecular complexity index is 1280. The fourth-order valence-electron chi connectivity index (χ4n) is 5.83. The number of hydrogen-bond donors (Lipinski definition) is 1. The zero-order valence-corrected chi connectivity index (χ0v) is 21.5. The molecule has 3 aromatic rings. The van der Waals surface area contributed by atoms with Crippen molar-refractivity contribution in [1.29, 1.82) is 0 Å². The molecular weight excluding hydrogens is 499 g/mol. The number of carbonyl (C=O) groups excluding carboxylic acids is 1. The molecule has 1 aromatic heterocycles. The normalized spacial score (nSPS) is 21.0. The Balaban J connectivity index is 1.39. The third-order valence-electron chi connectivity index (χ3n) is 7.58. The average molecular weight is 532 g/mol. The number of hydrogen-bond acceptors (Lipinski definition) is 6. The van der Waals surface area contributed by atoms with Crippen LogP contribution >= 0.6 is 0 Å². The molecule has 0 amide bonds. The predicted molar refractivity (Wildman–Crippen MR) is 136 cm³/mol. The minimum atomic E-state index is -5.01. The number of rotatable bonds is 8. The highest BCUT2D eigenvalue weighted by Gasteiger charge is 2.50. The lowest BCUT2D eigenvalue weighted by Crippen LogP contribution is -2.55. The minimum absolute atomic E-state index is 0.203. The summed E-state index contributed by atoms with van der Waals surface area (Å²) in [5.41, 5.74) is 2.83. The highest BCUT2D eigenvalue weighted by Crippen LogP contribution is 2.45. The fraction of sp³-hybridized carbons (Fsp3) is 0.464. The number of fused-ring (bicyclic) bond motifs is 4. The molecule has 3 heterocycles. The predicted octanol–water partition coefficient (Wildman–Crippen LogP) is 4.51. The van der Waals surface area contributed by atoms with Crippen LogP contribution in [0.5, 0.6) is 11.5 Å². The summed E-state index contributed by atoms with van der Waals surface area (Å²) >= 11 is 0. The highest BCUT2D eigenvalue weighted by molar-refractivity contribution is 5.87. The number of nitrogens with one attached hydrogen (secondary N) is 1. The number of nitrogens with zero attached hydrogens (tertiary/aromatic N) is 2. The van der Waals surface area contributed by atoms with Crippen LogP contribution in [0.25, 0.3) is 10.9 Å². The molecule has 0 radical (unpaired) electrons. The van der Waals surface area contributed by atoms with E-state index in [9.17, 15) is 18.0 Å². The van der Waals surface area contributed by atoms with Gasteiger partial charge >= 0.3 is 12.1 Å². The van der Waals surface area contributed by atoms with Gasteiger partial charge in [0.05, 0.1) is 12.6 Å². The van der Waals surface area contributed by atoms with E-state index in [-0.39, 0.29) is 6.54 Å². The number of likely N-dealkylation sites (tertiary alicyclic amines) is 1. The van der Waals surface area contributed by atoms with E-state index in [0.717, 1.165) is 47.5 Å². The van der Waals surface area contributed by atoms with Gasteiger partial charge in [0.2, 0.25) is 0 Å². The van der Waals surface area contributed by atoms with Gasteiger partial charge in [-0.25, -0.2) is 4.79 Å². The lowest BCUT2D eigenvalue weighted by atomic mass is 9.83. The van der Waals surface area contributed by atoms with E-state index in [1.54, 1.807) is 7.11 Å². The van der Waals surface area contributed by atoms with Crippen molar-refractivity contribution in [2.24, 2.45) is 0 Å². The molecule has 0 bridgehead atoms. The van der Waals surface area contributed by atoms with E-state index in [4.69, 9.17) is 14.2 Å². The van der Waals surface area contributed by atoms with Gasteiger partial charge < -0.3 is 19.2 Å². The van der Waals surface area contributed by atoms with Gasteiger partial charge in [0.15, 0.2) is 0 Å². The summed E-state index contributed by atoms with van der Waals surface area (Å²) < 4.78 is 54.6.